The number of benzene rings is 1. The molecule has 2 rings (SSSR count). The number of unbranched alkanes of at least 4 members (excludes halogenated alkanes) is 4. The van der Waals surface area contributed by atoms with Gasteiger partial charge >= 0.3 is 0 Å². The first-order valence-electron chi connectivity index (χ1n) is 8.09. The second-order valence-electron chi connectivity index (χ2n) is 6.12. The normalized spacial score (nSPS) is 13.8. The van der Waals surface area contributed by atoms with Crippen LogP contribution in [0.2, 0.25) is 0 Å². The van der Waals surface area contributed by atoms with E-state index in [9.17, 15) is 8.42 Å². The monoisotopic (exact) mass is 326 g/mol. The number of sulfone groups is 1. The van der Waals surface area contributed by atoms with Gasteiger partial charge in [0.25, 0.3) is 0 Å². The number of aryl methyl sites for hydroxylation is 1. The molecule has 0 aliphatic carbocycles. The molecule has 1 aromatic rings. The van der Waals surface area contributed by atoms with Crippen LogP contribution in [0.3, 0.4) is 0 Å². The predicted molar refractivity (Wildman–Crippen MR) is 88.3 cm³/mol. The number of hydrogen-bond donors (Lipinski definition) is 0. The summed E-state index contributed by atoms with van der Waals surface area (Å²) in [6.45, 7) is 3.82. The number of hydrogen-bond acceptors (Lipinski definition) is 4. The Morgan fingerprint density at radius 1 is 1.00 bits per heavy atom. The van der Waals surface area contributed by atoms with Gasteiger partial charge in [-0.2, -0.15) is 0 Å². The van der Waals surface area contributed by atoms with Crippen LogP contribution in [0.25, 0.3) is 0 Å². The molecule has 0 saturated heterocycles. The van der Waals surface area contributed by atoms with E-state index in [1.54, 1.807) is 13.8 Å². The molecule has 0 unspecified atom stereocenters. The van der Waals surface area contributed by atoms with Crippen LogP contribution in [0.5, 0.6) is 11.5 Å². The summed E-state index contributed by atoms with van der Waals surface area (Å²) in [5, 5.41) is -0.251. The van der Waals surface area contributed by atoms with Crippen LogP contribution < -0.4 is 9.47 Å². The summed E-state index contributed by atoms with van der Waals surface area (Å²) in [4.78, 5) is 0. The van der Waals surface area contributed by atoms with Crippen LogP contribution >= 0.6 is 0 Å². The molecule has 4 nitrogen and oxygen atoms in total. The second kappa shape index (κ2) is 7.86. The van der Waals surface area contributed by atoms with Crippen LogP contribution in [0.1, 0.15) is 51.5 Å². The lowest BCUT2D eigenvalue weighted by Crippen LogP contribution is -2.17. The van der Waals surface area contributed by atoms with Crippen molar-refractivity contribution < 1.29 is 17.9 Å². The Morgan fingerprint density at radius 2 is 1.68 bits per heavy atom. The topological polar surface area (TPSA) is 52.6 Å². The van der Waals surface area contributed by atoms with Crippen molar-refractivity contribution >= 4 is 9.84 Å². The molecule has 1 aromatic carbocycles. The van der Waals surface area contributed by atoms with Gasteiger partial charge in [-0.15, -0.1) is 0 Å². The van der Waals surface area contributed by atoms with E-state index in [1.807, 2.05) is 6.07 Å². The molecule has 1 aliphatic rings. The van der Waals surface area contributed by atoms with Gasteiger partial charge in [0.1, 0.15) is 0 Å². The Balaban J connectivity index is 1.58. The number of ether oxygens (including phenoxy) is 2. The molecule has 22 heavy (non-hydrogen) atoms. The zero-order valence-corrected chi connectivity index (χ0v) is 14.3. The molecule has 0 fully saturated rings. The maximum atomic E-state index is 11.7. The van der Waals surface area contributed by atoms with Gasteiger partial charge in [0.15, 0.2) is 21.3 Å². The average molecular weight is 326 g/mol. The van der Waals surface area contributed by atoms with E-state index in [0.29, 0.717) is 12.5 Å². The summed E-state index contributed by atoms with van der Waals surface area (Å²) in [6, 6.07) is 6.11. The zero-order chi connectivity index (χ0) is 16.0. The fourth-order valence-corrected chi connectivity index (χ4v) is 3.57. The molecule has 0 amide bonds. The van der Waals surface area contributed by atoms with Crippen LogP contribution in [-0.2, 0) is 16.3 Å². The average Bonchev–Trinajstić information content (AvgIpc) is 2.93. The minimum Gasteiger partial charge on any atom is -0.454 e. The van der Waals surface area contributed by atoms with E-state index in [4.69, 9.17) is 9.47 Å². The van der Waals surface area contributed by atoms with Gasteiger partial charge < -0.3 is 9.47 Å². The van der Waals surface area contributed by atoms with Crippen molar-refractivity contribution in [1.29, 1.82) is 0 Å². The molecule has 0 atom stereocenters. The Hall–Kier alpha value is -1.23. The first kappa shape index (κ1) is 17.1. The van der Waals surface area contributed by atoms with Crippen molar-refractivity contribution in [3.05, 3.63) is 23.8 Å². The highest BCUT2D eigenvalue weighted by atomic mass is 32.2. The van der Waals surface area contributed by atoms with Gasteiger partial charge in [-0.3, -0.25) is 0 Å². The van der Waals surface area contributed by atoms with Crippen LogP contribution in [0.15, 0.2) is 18.2 Å². The molecule has 0 N–H and O–H groups in total. The van der Waals surface area contributed by atoms with Crippen molar-refractivity contribution in [1.82, 2.24) is 0 Å². The van der Waals surface area contributed by atoms with Gasteiger partial charge in [-0.1, -0.05) is 25.3 Å². The standard InChI is InChI=1S/C17H26O4S/c1-14(2)22(18,19)11-7-5-3-4-6-8-15-9-10-16-17(12-15)21-13-20-16/h9-10,12,14H,3-8,11,13H2,1-2H3. The quantitative estimate of drug-likeness (QED) is 0.649. The molecule has 124 valence electrons. The summed E-state index contributed by atoms with van der Waals surface area (Å²) in [5.74, 6) is 2.00. The van der Waals surface area contributed by atoms with E-state index in [-0.39, 0.29) is 5.25 Å². The van der Waals surface area contributed by atoms with Gasteiger partial charge in [-0.05, 0) is 50.8 Å². The molecule has 0 saturated carbocycles. The van der Waals surface area contributed by atoms with Crippen LogP contribution in [0.4, 0.5) is 0 Å². The highest BCUT2D eigenvalue weighted by molar-refractivity contribution is 7.91. The molecular formula is C17H26O4S. The molecule has 0 aromatic heterocycles. The van der Waals surface area contributed by atoms with E-state index >= 15 is 0 Å². The van der Waals surface area contributed by atoms with Crippen LogP contribution in [0, 0.1) is 0 Å². The molecule has 0 bridgehead atoms. The highest BCUT2D eigenvalue weighted by Gasteiger charge is 2.15. The smallest absolute Gasteiger partial charge is 0.231 e. The van der Waals surface area contributed by atoms with Crippen molar-refractivity contribution in [3.8, 4) is 11.5 Å². The largest absolute Gasteiger partial charge is 0.454 e. The van der Waals surface area contributed by atoms with E-state index < -0.39 is 9.84 Å². The van der Waals surface area contributed by atoms with Gasteiger partial charge in [0.05, 0.1) is 11.0 Å². The van der Waals surface area contributed by atoms with Crippen LogP contribution in [-0.4, -0.2) is 26.2 Å². The minimum atomic E-state index is -2.87. The second-order valence-corrected chi connectivity index (χ2v) is 8.80. The lowest BCUT2D eigenvalue weighted by Gasteiger charge is -2.07. The lowest BCUT2D eigenvalue weighted by molar-refractivity contribution is 0.174. The third-order valence-electron chi connectivity index (χ3n) is 4.05. The third kappa shape index (κ3) is 4.90. The van der Waals surface area contributed by atoms with Crippen molar-refractivity contribution in [2.24, 2.45) is 0 Å². The Bertz CT molecular complexity index is 578. The first-order valence-corrected chi connectivity index (χ1v) is 9.81. The fourth-order valence-electron chi connectivity index (χ4n) is 2.49. The molecule has 5 heteroatoms. The van der Waals surface area contributed by atoms with E-state index in [1.165, 1.54) is 5.56 Å². The Kier molecular flexibility index (Phi) is 6.12. The van der Waals surface area contributed by atoms with Crippen molar-refractivity contribution in [3.63, 3.8) is 0 Å². The van der Waals surface area contributed by atoms with E-state index in [2.05, 4.69) is 12.1 Å². The molecular weight excluding hydrogens is 300 g/mol. The summed E-state index contributed by atoms with van der Waals surface area (Å²) < 4.78 is 34.0. The fraction of sp³-hybridized carbons (Fsp3) is 0.647. The molecule has 1 heterocycles. The SMILES string of the molecule is CC(C)S(=O)(=O)CCCCCCCc1ccc2c(c1)OCO2. The van der Waals surface area contributed by atoms with Crippen molar-refractivity contribution in [2.45, 2.75) is 57.6 Å². The molecule has 0 radical (unpaired) electrons. The third-order valence-corrected chi connectivity index (χ3v) is 6.34. The minimum absolute atomic E-state index is 0.251. The summed E-state index contributed by atoms with van der Waals surface area (Å²) in [7, 11) is -2.87. The lowest BCUT2D eigenvalue weighted by atomic mass is 10.1. The molecule has 0 spiro atoms. The maximum absolute atomic E-state index is 11.7. The Labute approximate surface area is 133 Å². The number of rotatable bonds is 9. The predicted octanol–water partition coefficient (Wildman–Crippen LogP) is 3.73. The highest BCUT2D eigenvalue weighted by Crippen LogP contribution is 2.32. The van der Waals surface area contributed by atoms with Crippen molar-refractivity contribution in [2.75, 3.05) is 12.5 Å². The summed E-state index contributed by atoms with van der Waals surface area (Å²) in [6.07, 6.45) is 6.16. The molecule has 1 aliphatic heterocycles. The summed E-state index contributed by atoms with van der Waals surface area (Å²) >= 11 is 0. The van der Waals surface area contributed by atoms with E-state index in [0.717, 1.165) is 50.0 Å². The maximum Gasteiger partial charge on any atom is 0.231 e. The zero-order valence-electron chi connectivity index (χ0n) is 13.5. The first-order chi connectivity index (χ1) is 10.5. The van der Waals surface area contributed by atoms with Gasteiger partial charge in [-0.25, -0.2) is 8.42 Å². The Morgan fingerprint density at radius 3 is 2.45 bits per heavy atom. The number of fused-ring (bicyclic) bond motifs is 1. The summed E-state index contributed by atoms with van der Waals surface area (Å²) in [5.41, 5.74) is 1.27. The van der Waals surface area contributed by atoms with Gasteiger partial charge in [0.2, 0.25) is 6.79 Å². The van der Waals surface area contributed by atoms with Gasteiger partial charge in [0, 0.05) is 0 Å².